The lowest BCUT2D eigenvalue weighted by molar-refractivity contribution is -0.385. The summed E-state index contributed by atoms with van der Waals surface area (Å²) in [6.07, 6.45) is -0.429. The molecule has 1 atom stereocenters. The van der Waals surface area contributed by atoms with Crippen molar-refractivity contribution in [3.05, 3.63) is 39.7 Å². The molecule has 0 bridgehead atoms. The average Bonchev–Trinajstić information content (AvgIpc) is 2.86. The maximum absolute atomic E-state index is 13.1. The summed E-state index contributed by atoms with van der Waals surface area (Å²) in [4.78, 5) is 9.89. The minimum Gasteiger partial charge on any atom is -0.368 e. The summed E-state index contributed by atoms with van der Waals surface area (Å²) in [5.41, 5.74) is -0.144. The third-order valence-corrected chi connectivity index (χ3v) is 1.88. The minimum absolute atomic E-state index is 0.0625. The van der Waals surface area contributed by atoms with Gasteiger partial charge in [-0.2, -0.15) is 0 Å². The zero-order valence-electron chi connectivity index (χ0n) is 6.57. The van der Waals surface area contributed by atoms with E-state index in [2.05, 4.69) is 0 Å². The Morgan fingerprint density at radius 1 is 1.62 bits per heavy atom. The Balaban J connectivity index is 2.53. The SMILES string of the molecule is O=[N+]([O-])c1cccc(F)c1C1CO1. The van der Waals surface area contributed by atoms with Crippen LogP contribution in [0.2, 0.25) is 0 Å². The third-order valence-electron chi connectivity index (χ3n) is 1.88. The largest absolute Gasteiger partial charge is 0.368 e. The number of hydrogen-bond donors (Lipinski definition) is 0. The third kappa shape index (κ3) is 1.38. The monoisotopic (exact) mass is 183 g/mol. The summed E-state index contributed by atoms with van der Waals surface area (Å²) >= 11 is 0. The first-order valence-corrected chi connectivity index (χ1v) is 3.74. The first kappa shape index (κ1) is 8.12. The summed E-state index contributed by atoms with van der Waals surface area (Å²) in [5, 5.41) is 10.5. The number of hydrogen-bond acceptors (Lipinski definition) is 3. The highest BCUT2D eigenvalue weighted by atomic mass is 19.1. The number of ether oxygens (including phenoxy) is 1. The maximum atomic E-state index is 13.1. The van der Waals surface area contributed by atoms with Gasteiger partial charge in [0.25, 0.3) is 5.69 Å². The van der Waals surface area contributed by atoms with Crippen LogP contribution in [0.4, 0.5) is 10.1 Å². The Kier molecular flexibility index (Phi) is 1.73. The van der Waals surface area contributed by atoms with Gasteiger partial charge in [-0.25, -0.2) is 4.39 Å². The van der Waals surface area contributed by atoms with Crippen LogP contribution in [0.15, 0.2) is 18.2 Å². The molecule has 1 heterocycles. The van der Waals surface area contributed by atoms with Gasteiger partial charge in [0, 0.05) is 6.07 Å². The van der Waals surface area contributed by atoms with E-state index < -0.39 is 16.8 Å². The number of benzene rings is 1. The summed E-state index contributed by atoms with van der Waals surface area (Å²) < 4.78 is 17.9. The molecule has 0 aromatic heterocycles. The van der Waals surface area contributed by atoms with Crippen LogP contribution in [0.5, 0.6) is 0 Å². The minimum atomic E-state index is -0.597. The Hall–Kier alpha value is -1.49. The van der Waals surface area contributed by atoms with Crippen LogP contribution in [-0.2, 0) is 4.74 Å². The maximum Gasteiger partial charge on any atom is 0.278 e. The Labute approximate surface area is 73.1 Å². The number of nitro groups is 1. The van der Waals surface area contributed by atoms with Crippen molar-refractivity contribution in [2.75, 3.05) is 6.61 Å². The van der Waals surface area contributed by atoms with Crippen molar-refractivity contribution in [1.82, 2.24) is 0 Å². The second kappa shape index (κ2) is 2.77. The number of rotatable bonds is 2. The fourth-order valence-electron chi connectivity index (χ4n) is 1.22. The van der Waals surface area contributed by atoms with E-state index in [1.165, 1.54) is 18.2 Å². The molecular formula is C8H6FNO3. The zero-order chi connectivity index (χ0) is 9.42. The first-order valence-electron chi connectivity index (χ1n) is 3.74. The molecule has 13 heavy (non-hydrogen) atoms. The van der Waals surface area contributed by atoms with E-state index in [1.807, 2.05) is 0 Å². The number of epoxide rings is 1. The van der Waals surface area contributed by atoms with Crippen molar-refractivity contribution >= 4 is 5.69 Å². The number of nitro benzene ring substituents is 1. The van der Waals surface area contributed by atoms with Gasteiger partial charge in [-0.1, -0.05) is 6.07 Å². The molecule has 1 aliphatic rings. The summed E-state index contributed by atoms with van der Waals surface area (Å²) in [6, 6.07) is 3.80. The van der Waals surface area contributed by atoms with Crippen molar-refractivity contribution in [2.24, 2.45) is 0 Å². The van der Waals surface area contributed by atoms with E-state index in [-0.39, 0.29) is 11.3 Å². The fraction of sp³-hybridized carbons (Fsp3) is 0.250. The smallest absolute Gasteiger partial charge is 0.278 e. The Morgan fingerprint density at radius 2 is 2.31 bits per heavy atom. The van der Waals surface area contributed by atoms with Crippen LogP contribution < -0.4 is 0 Å². The van der Waals surface area contributed by atoms with E-state index in [0.29, 0.717) is 6.61 Å². The van der Waals surface area contributed by atoms with Gasteiger partial charge in [0.15, 0.2) is 0 Å². The van der Waals surface area contributed by atoms with Gasteiger partial charge >= 0.3 is 0 Å². The second-order valence-electron chi connectivity index (χ2n) is 2.75. The zero-order valence-corrected chi connectivity index (χ0v) is 6.57. The molecule has 0 amide bonds. The van der Waals surface area contributed by atoms with Crippen LogP contribution >= 0.6 is 0 Å². The highest BCUT2D eigenvalue weighted by Crippen LogP contribution is 2.37. The predicted molar refractivity (Wildman–Crippen MR) is 41.7 cm³/mol. The molecule has 2 rings (SSSR count). The predicted octanol–water partition coefficient (Wildman–Crippen LogP) is 1.81. The van der Waals surface area contributed by atoms with Crippen molar-refractivity contribution in [1.29, 1.82) is 0 Å². The lowest BCUT2D eigenvalue weighted by Gasteiger charge is -1.99. The molecule has 0 N–H and O–H groups in total. The van der Waals surface area contributed by atoms with Crippen LogP contribution in [0, 0.1) is 15.9 Å². The highest BCUT2D eigenvalue weighted by molar-refractivity contribution is 5.43. The molecule has 0 radical (unpaired) electrons. The first-order chi connectivity index (χ1) is 6.20. The summed E-state index contributed by atoms with van der Waals surface area (Å²) in [5.74, 6) is -0.572. The molecule has 1 aliphatic heterocycles. The molecule has 0 saturated carbocycles. The Morgan fingerprint density at radius 3 is 2.85 bits per heavy atom. The quantitative estimate of drug-likeness (QED) is 0.399. The standard InChI is InChI=1S/C8H6FNO3/c9-5-2-1-3-6(10(11)12)8(5)7-4-13-7/h1-3,7H,4H2. The number of halogens is 1. The van der Waals surface area contributed by atoms with E-state index in [0.717, 1.165) is 0 Å². The molecule has 1 aromatic carbocycles. The van der Waals surface area contributed by atoms with Crippen LogP contribution in [-0.4, -0.2) is 11.5 Å². The van der Waals surface area contributed by atoms with Gasteiger partial charge in [0.1, 0.15) is 11.9 Å². The molecule has 0 spiro atoms. The van der Waals surface area contributed by atoms with Crippen LogP contribution in [0.3, 0.4) is 0 Å². The molecule has 1 aromatic rings. The van der Waals surface area contributed by atoms with Crippen molar-refractivity contribution in [3.8, 4) is 0 Å². The van der Waals surface area contributed by atoms with Crippen molar-refractivity contribution in [3.63, 3.8) is 0 Å². The second-order valence-corrected chi connectivity index (χ2v) is 2.75. The lowest BCUT2D eigenvalue weighted by atomic mass is 10.1. The lowest BCUT2D eigenvalue weighted by Crippen LogP contribution is -1.97. The van der Waals surface area contributed by atoms with E-state index in [1.54, 1.807) is 0 Å². The summed E-state index contributed by atoms with van der Waals surface area (Å²) in [7, 11) is 0. The summed E-state index contributed by atoms with van der Waals surface area (Å²) in [6.45, 7) is 0.363. The molecule has 0 aliphatic carbocycles. The molecule has 1 unspecified atom stereocenters. The van der Waals surface area contributed by atoms with Crippen molar-refractivity contribution < 1.29 is 14.1 Å². The van der Waals surface area contributed by atoms with Crippen LogP contribution in [0.1, 0.15) is 11.7 Å². The molecule has 1 fully saturated rings. The molecular weight excluding hydrogens is 177 g/mol. The highest BCUT2D eigenvalue weighted by Gasteiger charge is 2.34. The Bertz CT molecular complexity index is 362. The van der Waals surface area contributed by atoms with Crippen molar-refractivity contribution in [2.45, 2.75) is 6.10 Å². The van der Waals surface area contributed by atoms with Gasteiger partial charge in [0.05, 0.1) is 17.1 Å². The average molecular weight is 183 g/mol. The topological polar surface area (TPSA) is 55.7 Å². The van der Waals surface area contributed by atoms with Gasteiger partial charge in [-0.05, 0) is 6.07 Å². The molecule has 68 valence electrons. The molecule has 1 saturated heterocycles. The van der Waals surface area contributed by atoms with Gasteiger partial charge in [-0.15, -0.1) is 0 Å². The number of nitrogens with zero attached hydrogens (tertiary/aromatic N) is 1. The molecule has 4 nitrogen and oxygen atoms in total. The van der Waals surface area contributed by atoms with E-state index in [9.17, 15) is 14.5 Å². The fourth-order valence-corrected chi connectivity index (χ4v) is 1.22. The van der Waals surface area contributed by atoms with Gasteiger partial charge < -0.3 is 4.74 Å². The van der Waals surface area contributed by atoms with E-state index >= 15 is 0 Å². The van der Waals surface area contributed by atoms with E-state index in [4.69, 9.17) is 4.74 Å². The molecule has 5 heteroatoms. The normalized spacial score (nSPS) is 19.9. The van der Waals surface area contributed by atoms with Gasteiger partial charge in [-0.3, -0.25) is 10.1 Å². The van der Waals surface area contributed by atoms with Gasteiger partial charge in [0.2, 0.25) is 0 Å². The van der Waals surface area contributed by atoms with Crippen LogP contribution in [0.25, 0.3) is 0 Å².